The molecule has 0 saturated carbocycles. The fourth-order valence-electron chi connectivity index (χ4n) is 2.36. The van der Waals surface area contributed by atoms with E-state index in [9.17, 15) is 21.6 Å². The Morgan fingerprint density at radius 1 is 0.815 bits per heavy atom. The van der Waals surface area contributed by atoms with Gasteiger partial charge in [-0.15, -0.1) is 0 Å². The van der Waals surface area contributed by atoms with Gasteiger partial charge in [0, 0.05) is 0 Å². The van der Waals surface area contributed by atoms with E-state index >= 15 is 0 Å². The van der Waals surface area contributed by atoms with Crippen LogP contribution in [0.15, 0.2) is 82.6 Å². The quantitative estimate of drug-likeness (QED) is 0.529. The SMILES string of the molecule is O=S(=O)(c1ccccc1)c1ccccc1Oc1ccc(C(F)(F)F)cc1Cl. The van der Waals surface area contributed by atoms with Crippen LogP contribution in [0.25, 0.3) is 0 Å². The van der Waals surface area contributed by atoms with Crippen molar-refractivity contribution in [3.63, 3.8) is 0 Å². The average Bonchev–Trinajstić information content (AvgIpc) is 2.63. The minimum atomic E-state index is -4.54. The molecule has 140 valence electrons. The highest BCUT2D eigenvalue weighted by Crippen LogP contribution is 2.38. The van der Waals surface area contributed by atoms with Crippen molar-refractivity contribution in [2.45, 2.75) is 16.0 Å². The Balaban J connectivity index is 2.01. The van der Waals surface area contributed by atoms with Gasteiger partial charge in [-0.3, -0.25) is 0 Å². The van der Waals surface area contributed by atoms with Crippen LogP contribution in [0.1, 0.15) is 5.56 Å². The third-order valence-electron chi connectivity index (χ3n) is 3.67. The van der Waals surface area contributed by atoms with E-state index < -0.39 is 21.6 Å². The molecule has 0 aromatic heterocycles. The lowest BCUT2D eigenvalue weighted by Crippen LogP contribution is -2.05. The third kappa shape index (κ3) is 4.09. The van der Waals surface area contributed by atoms with Gasteiger partial charge in [-0.2, -0.15) is 13.2 Å². The molecule has 0 spiro atoms. The van der Waals surface area contributed by atoms with Crippen LogP contribution in [0.2, 0.25) is 5.02 Å². The van der Waals surface area contributed by atoms with Gasteiger partial charge >= 0.3 is 6.18 Å². The number of sulfone groups is 1. The van der Waals surface area contributed by atoms with Gasteiger partial charge in [0.05, 0.1) is 15.5 Å². The molecule has 3 aromatic rings. The molecule has 0 aliphatic carbocycles. The van der Waals surface area contributed by atoms with Gasteiger partial charge in [-0.25, -0.2) is 8.42 Å². The Morgan fingerprint density at radius 3 is 2.07 bits per heavy atom. The highest BCUT2D eigenvalue weighted by molar-refractivity contribution is 7.91. The molecule has 0 amide bonds. The summed E-state index contributed by atoms with van der Waals surface area (Å²) in [4.78, 5) is -0.0493. The zero-order valence-corrected chi connectivity index (χ0v) is 15.1. The maximum Gasteiger partial charge on any atom is 0.416 e. The van der Waals surface area contributed by atoms with Crippen LogP contribution in [-0.2, 0) is 16.0 Å². The smallest absolute Gasteiger partial charge is 0.416 e. The number of para-hydroxylation sites is 1. The lowest BCUT2D eigenvalue weighted by molar-refractivity contribution is -0.137. The topological polar surface area (TPSA) is 43.4 Å². The number of benzene rings is 3. The number of hydrogen-bond donors (Lipinski definition) is 0. The van der Waals surface area contributed by atoms with E-state index in [2.05, 4.69) is 0 Å². The molecular formula is C19H12ClF3O3S. The van der Waals surface area contributed by atoms with Crippen LogP contribution >= 0.6 is 11.6 Å². The maximum atomic E-state index is 12.9. The van der Waals surface area contributed by atoms with Crippen molar-refractivity contribution in [1.82, 2.24) is 0 Å². The average molecular weight is 413 g/mol. The van der Waals surface area contributed by atoms with E-state index in [0.717, 1.165) is 18.2 Å². The summed E-state index contributed by atoms with van der Waals surface area (Å²) in [5.74, 6) is -0.122. The van der Waals surface area contributed by atoms with Crippen LogP contribution in [0.5, 0.6) is 11.5 Å². The lowest BCUT2D eigenvalue weighted by Gasteiger charge is -2.14. The van der Waals surface area contributed by atoms with Crippen molar-refractivity contribution in [2.75, 3.05) is 0 Å². The second kappa shape index (κ2) is 7.25. The predicted octanol–water partition coefficient (Wildman–Crippen LogP) is 5.98. The minimum absolute atomic E-state index is 0.0389. The monoisotopic (exact) mass is 412 g/mol. The van der Waals surface area contributed by atoms with Gasteiger partial charge in [-0.05, 0) is 42.5 Å². The first kappa shape index (κ1) is 19.3. The summed E-state index contributed by atoms with van der Waals surface area (Å²) < 4.78 is 69.5. The van der Waals surface area contributed by atoms with Crippen molar-refractivity contribution in [2.24, 2.45) is 0 Å². The van der Waals surface area contributed by atoms with Crippen molar-refractivity contribution in [3.05, 3.63) is 83.4 Å². The fourth-order valence-corrected chi connectivity index (χ4v) is 3.98. The largest absolute Gasteiger partial charge is 0.454 e. The van der Waals surface area contributed by atoms with Gasteiger partial charge in [0.15, 0.2) is 0 Å². The Kier molecular flexibility index (Phi) is 5.17. The van der Waals surface area contributed by atoms with E-state index in [1.54, 1.807) is 24.3 Å². The Morgan fingerprint density at radius 2 is 1.44 bits per heavy atom. The van der Waals surface area contributed by atoms with E-state index in [1.165, 1.54) is 30.3 Å². The first-order chi connectivity index (χ1) is 12.7. The van der Waals surface area contributed by atoms with Gasteiger partial charge in [0.1, 0.15) is 16.4 Å². The summed E-state index contributed by atoms with van der Waals surface area (Å²) in [6.45, 7) is 0. The number of alkyl halides is 3. The van der Waals surface area contributed by atoms with E-state index in [0.29, 0.717) is 0 Å². The molecule has 0 saturated heterocycles. The number of ether oxygens (including phenoxy) is 1. The van der Waals surface area contributed by atoms with E-state index in [-0.39, 0.29) is 26.3 Å². The van der Waals surface area contributed by atoms with Gasteiger partial charge < -0.3 is 4.74 Å². The Hall–Kier alpha value is -2.51. The molecule has 0 fully saturated rings. The van der Waals surface area contributed by atoms with Gasteiger partial charge in [0.25, 0.3) is 0 Å². The summed E-state index contributed by atoms with van der Waals surface area (Å²) >= 11 is 5.89. The van der Waals surface area contributed by atoms with Crippen molar-refractivity contribution < 1.29 is 26.3 Å². The highest BCUT2D eigenvalue weighted by Gasteiger charge is 2.31. The van der Waals surface area contributed by atoms with Gasteiger partial charge in [0.2, 0.25) is 9.84 Å². The number of rotatable bonds is 4. The van der Waals surface area contributed by atoms with E-state index in [1.807, 2.05) is 0 Å². The summed E-state index contributed by atoms with van der Waals surface area (Å²) in [6.07, 6.45) is -4.54. The Bertz CT molecular complexity index is 1070. The first-order valence-corrected chi connectivity index (χ1v) is 9.49. The van der Waals surface area contributed by atoms with Crippen LogP contribution < -0.4 is 4.74 Å². The predicted molar refractivity (Wildman–Crippen MR) is 94.9 cm³/mol. The summed E-state index contributed by atoms with van der Waals surface area (Å²) in [5, 5.41) is -0.281. The second-order valence-corrected chi connectivity index (χ2v) is 7.83. The standard InChI is InChI=1S/C19H12ClF3O3S/c20-15-12-13(19(21,22)23)10-11-16(15)26-17-8-4-5-9-18(17)27(24,25)14-6-2-1-3-7-14/h1-12H. The molecule has 3 nitrogen and oxygen atoms in total. The van der Waals surface area contributed by atoms with Crippen LogP contribution in [0, 0.1) is 0 Å². The molecule has 3 rings (SSSR count). The molecule has 0 aliphatic heterocycles. The molecular weight excluding hydrogens is 401 g/mol. The van der Waals surface area contributed by atoms with Crippen LogP contribution in [0.4, 0.5) is 13.2 Å². The Labute approximate surface area is 158 Å². The zero-order valence-electron chi connectivity index (χ0n) is 13.6. The zero-order chi connectivity index (χ0) is 19.7. The minimum Gasteiger partial charge on any atom is -0.454 e. The molecule has 3 aromatic carbocycles. The number of halogens is 4. The summed E-state index contributed by atoms with van der Waals surface area (Å²) in [6, 6.07) is 16.2. The second-order valence-electron chi connectivity index (χ2n) is 5.51. The molecule has 0 N–H and O–H groups in total. The molecule has 0 bridgehead atoms. The normalized spacial score (nSPS) is 12.0. The summed E-state index contributed by atoms with van der Waals surface area (Å²) in [7, 11) is -3.88. The molecule has 27 heavy (non-hydrogen) atoms. The summed E-state index contributed by atoms with van der Waals surface area (Å²) in [5.41, 5.74) is -0.926. The van der Waals surface area contributed by atoms with E-state index in [4.69, 9.17) is 16.3 Å². The maximum absolute atomic E-state index is 12.9. The van der Waals surface area contributed by atoms with Crippen LogP contribution in [0.3, 0.4) is 0 Å². The molecule has 0 unspecified atom stereocenters. The van der Waals surface area contributed by atoms with Crippen molar-refractivity contribution in [3.8, 4) is 11.5 Å². The lowest BCUT2D eigenvalue weighted by atomic mass is 10.2. The van der Waals surface area contributed by atoms with Gasteiger partial charge in [-0.1, -0.05) is 41.9 Å². The first-order valence-electron chi connectivity index (χ1n) is 7.63. The third-order valence-corrected chi connectivity index (χ3v) is 5.78. The molecule has 0 heterocycles. The van der Waals surface area contributed by atoms with Crippen molar-refractivity contribution in [1.29, 1.82) is 0 Å². The fraction of sp³-hybridized carbons (Fsp3) is 0.0526. The molecule has 8 heteroatoms. The number of hydrogen-bond acceptors (Lipinski definition) is 3. The molecule has 0 radical (unpaired) electrons. The van der Waals surface area contributed by atoms with Crippen molar-refractivity contribution >= 4 is 21.4 Å². The highest BCUT2D eigenvalue weighted by atomic mass is 35.5. The molecule has 0 atom stereocenters. The van der Waals surface area contributed by atoms with Crippen LogP contribution in [-0.4, -0.2) is 8.42 Å². The molecule has 0 aliphatic rings.